The minimum atomic E-state index is -0.0954. The van der Waals surface area contributed by atoms with Gasteiger partial charge in [0.15, 0.2) is 0 Å². The molecule has 2 nitrogen and oxygen atoms in total. The number of Topliss-reactive ketones (excluding diaryl/α,β-unsaturated/α-hetero) is 1. The highest BCUT2D eigenvalue weighted by molar-refractivity contribution is 5.91. The Bertz CT molecular complexity index is 799. The van der Waals surface area contributed by atoms with E-state index in [2.05, 4.69) is 36.4 Å². The maximum absolute atomic E-state index is 13.7. The summed E-state index contributed by atoms with van der Waals surface area (Å²) in [7, 11) is 0. The van der Waals surface area contributed by atoms with Crippen molar-refractivity contribution in [3.8, 4) is 0 Å². The first-order chi connectivity index (χ1) is 13.8. The molecule has 0 heterocycles. The molecule has 0 aromatic heterocycles. The summed E-state index contributed by atoms with van der Waals surface area (Å²) in [5, 5.41) is 0. The van der Waals surface area contributed by atoms with Gasteiger partial charge in [0, 0.05) is 11.8 Å². The van der Waals surface area contributed by atoms with Gasteiger partial charge in [0.1, 0.15) is 12.1 Å². The van der Waals surface area contributed by atoms with E-state index < -0.39 is 0 Å². The van der Waals surface area contributed by atoms with Crippen LogP contribution in [0.25, 0.3) is 0 Å². The fraction of sp³-hybridized carbons (Fsp3) is 0.462. The van der Waals surface area contributed by atoms with Crippen molar-refractivity contribution in [2.24, 2.45) is 17.8 Å². The fourth-order valence-corrected chi connectivity index (χ4v) is 5.11. The number of carbonyl (C=O) groups is 2. The molecule has 0 aliphatic heterocycles. The predicted molar refractivity (Wildman–Crippen MR) is 113 cm³/mol. The van der Waals surface area contributed by atoms with Crippen LogP contribution < -0.4 is 0 Å². The Kier molecular flexibility index (Phi) is 6.04. The molecule has 28 heavy (non-hydrogen) atoms. The Hall–Kier alpha value is -2.22. The Morgan fingerprint density at radius 1 is 1.11 bits per heavy atom. The molecule has 1 fully saturated rings. The topological polar surface area (TPSA) is 34.1 Å². The maximum Gasteiger partial charge on any atom is 0.147 e. The van der Waals surface area contributed by atoms with Crippen molar-refractivity contribution in [2.75, 3.05) is 0 Å². The van der Waals surface area contributed by atoms with Crippen LogP contribution in [0, 0.1) is 17.8 Å². The molecule has 1 aromatic carbocycles. The van der Waals surface area contributed by atoms with E-state index in [1.807, 2.05) is 18.2 Å². The Morgan fingerprint density at radius 3 is 2.64 bits per heavy atom. The molecule has 0 radical (unpaired) electrons. The molecule has 3 aliphatic carbocycles. The monoisotopic (exact) mass is 374 g/mol. The molecule has 4 atom stereocenters. The second kappa shape index (κ2) is 8.86. The van der Waals surface area contributed by atoms with Gasteiger partial charge in [0.2, 0.25) is 0 Å². The highest BCUT2D eigenvalue weighted by atomic mass is 16.1. The van der Waals surface area contributed by atoms with Crippen molar-refractivity contribution in [3.05, 3.63) is 71.3 Å². The Balaban J connectivity index is 1.50. The highest BCUT2D eigenvalue weighted by Crippen LogP contribution is 2.45. The van der Waals surface area contributed by atoms with Crippen LogP contribution in [0.4, 0.5) is 0 Å². The van der Waals surface area contributed by atoms with E-state index >= 15 is 0 Å². The van der Waals surface area contributed by atoms with Crippen LogP contribution in [0.15, 0.2) is 65.8 Å². The third-order valence-corrected chi connectivity index (χ3v) is 6.83. The molecule has 1 aromatic rings. The number of rotatable bonds is 7. The number of allylic oxidation sites excluding steroid dienone is 6. The van der Waals surface area contributed by atoms with Crippen molar-refractivity contribution in [1.82, 2.24) is 0 Å². The summed E-state index contributed by atoms with van der Waals surface area (Å²) in [6, 6.07) is 10.3. The molecule has 0 amide bonds. The van der Waals surface area contributed by atoms with Crippen molar-refractivity contribution in [1.29, 1.82) is 0 Å². The SMILES string of the molecule is O=CC1CCC=C(CC2CCC2C(=O)C(C2=CC=CCC2)c2ccccc2)C1. The molecule has 4 rings (SSSR count). The lowest BCUT2D eigenvalue weighted by Crippen LogP contribution is -2.37. The molecule has 1 saturated carbocycles. The molecule has 4 unspecified atom stereocenters. The summed E-state index contributed by atoms with van der Waals surface area (Å²) in [5.74, 6) is 1.12. The van der Waals surface area contributed by atoms with Gasteiger partial charge in [-0.1, -0.05) is 65.8 Å². The normalized spacial score (nSPS) is 27.9. The average Bonchev–Trinajstić information content (AvgIpc) is 2.73. The van der Waals surface area contributed by atoms with Crippen LogP contribution in [0.2, 0.25) is 0 Å². The maximum atomic E-state index is 13.7. The zero-order chi connectivity index (χ0) is 19.3. The van der Waals surface area contributed by atoms with Crippen LogP contribution in [0.1, 0.15) is 62.8 Å². The standard InChI is InChI=1S/C26H30O2/c27-18-20-9-7-8-19(16-20)17-23-14-15-24(23)26(28)25(21-10-3-1-4-11-21)22-12-5-2-6-13-22/h1-5,8,10-12,18,20,23-25H,6-7,9,13-17H2. The number of hydrogen-bond acceptors (Lipinski definition) is 2. The molecule has 0 saturated heterocycles. The van der Waals surface area contributed by atoms with Crippen molar-refractivity contribution < 1.29 is 9.59 Å². The first-order valence-electron chi connectivity index (χ1n) is 10.8. The lowest BCUT2D eigenvalue weighted by Gasteiger charge is -2.39. The summed E-state index contributed by atoms with van der Waals surface area (Å²) in [6.07, 6.45) is 17.9. The van der Waals surface area contributed by atoms with E-state index in [4.69, 9.17) is 0 Å². The lowest BCUT2D eigenvalue weighted by atomic mass is 9.64. The first kappa shape index (κ1) is 19.1. The first-order valence-corrected chi connectivity index (χ1v) is 10.8. The van der Waals surface area contributed by atoms with Crippen LogP contribution in [0.5, 0.6) is 0 Å². The van der Waals surface area contributed by atoms with E-state index in [-0.39, 0.29) is 17.8 Å². The summed E-state index contributed by atoms with van der Waals surface area (Å²) in [6.45, 7) is 0. The summed E-state index contributed by atoms with van der Waals surface area (Å²) >= 11 is 0. The number of benzene rings is 1. The van der Waals surface area contributed by atoms with E-state index in [1.54, 1.807) is 0 Å². The largest absolute Gasteiger partial charge is 0.303 e. The second-order valence-corrected chi connectivity index (χ2v) is 8.64. The van der Waals surface area contributed by atoms with Crippen molar-refractivity contribution in [3.63, 3.8) is 0 Å². The molecule has 2 heteroatoms. The Morgan fingerprint density at radius 2 is 1.96 bits per heavy atom. The van der Waals surface area contributed by atoms with E-state index in [0.717, 1.165) is 63.2 Å². The van der Waals surface area contributed by atoms with Crippen LogP contribution >= 0.6 is 0 Å². The number of ketones is 1. The Labute approximate surface area is 168 Å². The number of hydrogen-bond donors (Lipinski definition) is 0. The predicted octanol–water partition coefficient (Wildman–Crippen LogP) is 5.96. The lowest BCUT2D eigenvalue weighted by molar-refractivity contribution is -0.128. The molecule has 3 aliphatic rings. The molecule has 146 valence electrons. The quantitative estimate of drug-likeness (QED) is 0.436. The molecule has 0 bridgehead atoms. The van der Waals surface area contributed by atoms with Gasteiger partial charge in [0.05, 0.1) is 5.92 Å². The van der Waals surface area contributed by atoms with Crippen LogP contribution in [-0.2, 0) is 9.59 Å². The van der Waals surface area contributed by atoms with E-state index in [0.29, 0.717) is 11.7 Å². The van der Waals surface area contributed by atoms with Gasteiger partial charge in [-0.05, 0) is 62.8 Å². The molecule has 0 N–H and O–H groups in total. The van der Waals surface area contributed by atoms with E-state index in [1.165, 1.54) is 11.1 Å². The average molecular weight is 375 g/mol. The van der Waals surface area contributed by atoms with Gasteiger partial charge in [-0.3, -0.25) is 4.79 Å². The van der Waals surface area contributed by atoms with E-state index in [9.17, 15) is 9.59 Å². The van der Waals surface area contributed by atoms with Crippen LogP contribution in [0.3, 0.4) is 0 Å². The van der Waals surface area contributed by atoms with Gasteiger partial charge in [-0.15, -0.1) is 0 Å². The zero-order valence-electron chi connectivity index (χ0n) is 16.6. The summed E-state index contributed by atoms with van der Waals surface area (Å²) in [5.41, 5.74) is 3.81. The summed E-state index contributed by atoms with van der Waals surface area (Å²) in [4.78, 5) is 24.8. The summed E-state index contributed by atoms with van der Waals surface area (Å²) < 4.78 is 0. The number of aldehydes is 1. The molecular weight excluding hydrogens is 344 g/mol. The number of carbonyl (C=O) groups excluding carboxylic acids is 2. The van der Waals surface area contributed by atoms with Gasteiger partial charge in [-0.2, -0.15) is 0 Å². The van der Waals surface area contributed by atoms with Gasteiger partial charge >= 0.3 is 0 Å². The van der Waals surface area contributed by atoms with Crippen LogP contribution in [-0.4, -0.2) is 12.1 Å². The zero-order valence-corrected chi connectivity index (χ0v) is 16.6. The highest BCUT2D eigenvalue weighted by Gasteiger charge is 2.41. The van der Waals surface area contributed by atoms with Crippen molar-refractivity contribution >= 4 is 12.1 Å². The molecule has 0 spiro atoms. The minimum Gasteiger partial charge on any atom is -0.303 e. The van der Waals surface area contributed by atoms with Gasteiger partial charge in [0.25, 0.3) is 0 Å². The van der Waals surface area contributed by atoms with Crippen molar-refractivity contribution in [2.45, 2.75) is 57.3 Å². The fourth-order valence-electron chi connectivity index (χ4n) is 5.11. The van der Waals surface area contributed by atoms with Gasteiger partial charge in [-0.25, -0.2) is 0 Å². The minimum absolute atomic E-state index is 0.0954. The molecular formula is C26H30O2. The third kappa shape index (κ3) is 4.11. The smallest absolute Gasteiger partial charge is 0.147 e. The van der Waals surface area contributed by atoms with Gasteiger partial charge < -0.3 is 4.79 Å². The third-order valence-electron chi connectivity index (χ3n) is 6.83. The second-order valence-electron chi connectivity index (χ2n) is 8.64.